The van der Waals surface area contributed by atoms with Crippen LogP contribution in [0.4, 0.5) is 18.0 Å². The molecule has 8 nitrogen and oxygen atoms in total. The topological polar surface area (TPSA) is 108 Å². The lowest BCUT2D eigenvalue weighted by Gasteiger charge is -2.33. The van der Waals surface area contributed by atoms with Gasteiger partial charge in [-0.05, 0) is 43.9 Å². The zero-order valence-corrected chi connectivity index (χ0v) is 21.0. The zero-order chi connectivity index (χ0) is 27.7. The molecule has 0 radical (unpaired) electrons. The van der Waals surface area contributed by atoms with Crippen molar-refractivity contribution in [2.45, 2.75) is 51.4 Å². The van der Waals surface area contributed by atoms with Crippen LogP contribution in [0, 0.1) is 11.8 Å². The minimum Gasteiger partial charge on any atom is -0.344 e. The highest BCUT2D eigenvalue weighted by atomic mass is 19.4. The Kier molecular flexibility index (Phi) is 9.98. The Morgan fingerprint density at radius 2 is 1.68 bits per heavy atom. The van der Waals surface area contributed by atoms with Crippen molar-refractivity contribution in [1.82, 2.24) is 20.5 Å². The molecular formula is C27H31F3N4O4. The second-order valence-electron chi connectivity index (χ2n) is 9.40. The molecule has 2 aromatic rings. The zero-order valence-electron chi connectivity index (χ0n) is 21.0. The number of aromatic nitrogens is 1. The van der Waals surface area contributed by atoms with E-state index in [1.54, 1.807) is 54.7 Å². The highest BCUT2D eigenvalue weighted by Gasteiger charge is 2.42. The number of hydrogen-bond donors (Lipinski definition) is 2. The number of pyridine rings is 1. The lowest BCUT2D eigenvalue weighted by Crippen LogP contribution is -2.50. The highest BCUT2D eigenvalue weighted by Crippen LogP contribution is 2.34. The van der Waals surface area contributed by atoms with Crippen LogP contribution >= 0.6 is 0 Å². The Morgan fingerprint density at radius 3 is 2.29 bits per heavy atom. The third-order valence-electron chi connectivity index (χ3n) is 6.59. The number of carbonyl (C=O) groups is 4. The number of rotatable bonds is 10. The van der Waals surface area contributed by atoms with Crippen molar-refractivity contribution in [3.05, 3.63) is 66.0 Å². The molecule has 1 aliphatic heterocycles. The summed E-state index contributed by atoms with van der Waals surface area (Å²) in [5.41, 5.74) is 1.33. The van der Waals surface area contributed by atoms with Gasteiger partial charge in [0.15, 0.2) is 5.78 Å². The van der Waals surface area contributed by atoms with Gasteiger partial charge in [-0.3, -0.25) is 19.4 Å². The van der Waals surface area contributed by atoms with Gasteiger partial charge in [0.05, 0.1) is 24.2 Å². The molecule has 1 saturated heterocycles. The molecule has 3 rings (SSSR count). The first-order chi connectivity index (χ1) is 18.0. The Hall–Kier alpha value is -3.76. The maximum absolute atomic E-state index is 13.0. The number of piperidine rings is 1. The lowest BCUT2D eigenvalue weighted by molar-refractivity contribution is -0.183. The molecule has 3 amide bonds. The smallest absolute Gasteiger partial charge is 0.344 e. The van der Waals surface area contributed by atoms with E-state index >= 15 is 0 Å². The molecule has 0 spiro atoms. The number of carbonyl (C=O) groups excluding carboxylic acids is 4. The quantitative estimate of drug-likeness (QED) is 0.456. The third kappa shape index (κ3) is 8.39. The molecule has 0 unspecified atom stereocenters. The monoisotopic (exact) mass is 532 g/mol. The highest BCUT2D eigenvalue weighted by molar-refractivity contribution is 6.37. The molecule has 2 heterocycles. The number of urea groups is 1. The Balaban J connectivity index is 1.59. The summed E-state index contributed by atoms with van der Waals surface area (Å²) in [4.78, 5) is 56.5. The summed E-state index contributed by atoms with van der Waals surface area (Å²) >= 11 is 0. The summed E-state index contributed by atoms with van der Waals surface area (Å²) in [6.45, 7) is 1.37. The van der Waals surface area contributed by atoms with Crippen LogP contribution in [0.5, 0.6) is 0 Å². The first-order valence-corrected chi connectivity index (χ1v) is 12.4. The van der Waals surface area contributed by atoms with Crippen LogP contribution in [0.25, 0.3) is 0 Å². The predicted molar refractivity (Wildman–Crippen MR) is 133 cm³/mol. The summed E-state index contributed by atoms with van der Waals surface area (Å²) in [5, 5.41) is 5.06. The van der Waals surface area contributed by atoms with E-state index in [-0.39, 0.29) is 45.3 Å². The van der Waals surface area contributed by atoms with Crippen LogP contribution in [0.15, 0.2) is 54.7 Å². The maximum atomic E-state index is 13.0. The molecule has 38 heavy (non-hydrogen) atoms. The molecule has 204 valence electrons. The molecule has 0 saturated carbocycles. The average molecular weight is 533 g/mol. The number of Topliss-reactive ketones (excluding diaryl/α,β-unsaturated/α-hetero) is 2. The number of nitrogens with one attached hydrogen (secondary N) is 2. The van der Waals surface area contributed by atoms with Crippen LogP contribution in [0.3, 0.4) is 0 Å². The summed E-state index contributed by atoms with van der Waals surface area (Å²) in [5.74, 6) is -4.47. The van der Waals surface area contributed by atoms with E-state index in [1.807, 2.05) is 0 Å². The molecule has 0 bridgehead atoms. The molecule has 11 heteroatoms. The number of likely N-dealkylation sites (tertiary alicyclic amines) is 1. The van der Waals surface area contributed by atoms with Crippen molar-refractivity contribution in [2.24, 2.45) is 11.8 Å². The molecule has 1 aromatic heterocycles. The van der Waals surface area contributed by atoms with E-state index in [0.29, 0.717) is 5.69 Å². The number of amides is 3. The number of hydrogen-bond acceptors (Lipinski definition) is 5. The SMILES string of the molecule is C[C@@H](NC(=O)N1CCC(C(F)(F)F)CC1)C(=O)C[C@H](Cc1ccccc1)C(=O)C(=O)NCc1ccccn1. The minimum absolute atomic E-state index is 0.0505. The van der Waals surface area contributed by atoms with Crippen LogP contribution in [0.2, 0.25) is 0 Å². The Labute approximate surface area is 219 Å². The van der Waals surface area contributed by atoms with Gasteiger partial charge >= 0.3 is 12.2 Å². The normalized spacial score (nSPS) is 15.8. The predicted octanol–water partition coefficient (Wildman–Crippen LogP) is 3.46. The fourth-order valence-electron chi connectivity index (χ4n) is 4.29. The van der Waals surface area contributed by atoms with Crippen LogP contribution in [-0.4, -0.2) is 58.7 Å². The minimum atomic E-state index is -4.30. The Bertz CT molecular complexity index is 1100. The van der Waals surface area contributed by atoms with Crippen molar-refractivity contribution < 1.29 is 32.3 Å². The fourth-order valence-corrected chi connectivity index (χ4v) is 4.29. The second-order valence-corrected chi connectivity index (χ2v) is 9.40. The molecule has 1 fully saturated rings. The van der Waals surface area contributed by atoms with Crippen molar-refractivity contribution in [1.29, 1.82) is 0 Å². The van der Waals surface area contributed by atoms with Gasteiger partial charge in [0.1, 0.15) is 0 Å². The number of benzene rings is 1. The summed E-state index contributed by atoms with van der Waals surface area (Å²) in [6.07, 6.45) is -3.26. The molecular weight excluding hydrogens is 501 g/mol. The molecule has 2 N–H and O–H groups in total. The number of ketones is 2. The number of halogens is 3. The van der Waals surface area contributed by atoms with Gasteiger partial charge in [-0.2, -0.15) is 13.2 Å². The summed E-state index contributed by atoms with van der Waals surface area (Å²) in [6, 6.07) is 12.5. The number of alkyl halides is 3. The maximum Gasteiger partial charge on any atom is 0.391 e. The van der Waals surface area contributed by atoms with Crippen molar-refractivity contribution in [2.75, 3.05) is 13.1 Å². The van der Waals surface area contributed by atoms with E-state index in [4.69, 9.17) is 0 Å². The molecule has 2 atom stereocenters. The summed E-state index contributed by atoms with van der Waals surface area (Å²) < 4.78 is 38.7. The van der Waals surface area contributed by atoms with Gasteiger partial charge in [0, 0.05) is 31.6 Å². The van der Waals surface area contributed by atoms with Gasteiger partial charge in [-0.15, -0.1) is 0 Å². The van der Waals surface area contributed by atoms with Crippen LogP contribution in [-0.2, 0) is 27.3 Å². The van der Waals surface area contributed by atoms with Gasteiger partial charge < -0.3 is 15.5 Å². The van der Waals surface area contributed by atoms with Gasteiger partial charge in [-0.25, -0.2) is 4.79 Å². The van der Waals surface area contributed by atoms with Gasteiger partial charge in [-0.1, -0.05) is 36.4 Å². The largest absolute Gasteiger partial charge is 0.391 e. The fraction of sp³-hybridized carbons (Fsp3) is 0.444. The van der Waals surface area contributed by atoms with Crippen molar-refractivity contribution >= 4 is 23.5 Å². The average Bonchev–Trinajstić information content (AvgIpc) is 2.91. The molecule has 1 aromatic carbocycles. The Morgan fingerprint density at radius 1 is 1.03 bits per heavy atom. The molecule has 0 aliphatic carbocycles. The molecule has 1 aliphatic rings. The first-order valence-electron chi connectivity index (χ1n) is 12.4. The van der Waals surface area contributed by atoms with Crippen molar-refractivity contribution in [3.8, 4) is 0 Å². The first kappa shape index (κ1) is 28.8. The van der Waals surface area contributed by atoms with E-state index in [0.717, 1.165) is 5.56 Å². The lowest BCUT2D eigenvalue weighted by atomic mass is 9.88. The van der Waals surface area contributed by atoms with E-state index in [1.165, 1.54) is 11.8 Å². The number of nitrogens with zero attached hydrogens (tertiary/aromatic N) is 2. The summed E-state index contributed by atoms with van der Waals surface area (Å²) in [7, 11) is 0. The standard InChI is InChI=1S/C27H31F3N4O4/c1-18(33-26(38)34-13-10-21(11-14-34)27(28,29)30)23(35)16-20(15-19-7-3-2-4-8-19)24(36)25(37)32-17-22-9-5-6-12-31-22/h2-9,12,18,20-21H,10-11,13-17H2,1H3,(H,32,37)(H,33,38)/t18-,20+/m1/s1. The van der Waals surface area contributed by atoms with E-state index < -0.39 is 47.6 Å². The van der Waals surface area contributed by atoms with E-state index in [2.05, 4.69) is 15.6 Å². The van der Waals surface area contributed by atoms with Crippen LogP contribution in [0.1, 0.15) is 37.4 Å². The van der Waals surface area contributed by atoms with Crippen LogP contribution < -0.4 is 10.6 Å². The van der Waals surface area contributed by atoms with E-state index in [9.17, 15) is 32.3 Å². The van der Waals surface area contributed by atoms with Gasteiger partial charge in [0.2, 0.25) is 5.78 Å². The second kappa shape index (κ2) is 13.2. The van der Waals surface area contributed by atoms with Gasteiger partial charge in [0.25, 0.3) is 5.91 Å². The van der Waals surface area contributed by atoms with Crippen molar-refractivity contribution in [3.63, 3.8) is 0 Å². The third-order valence-corrected chi connectivity index (χ3v) is 6.59.